The molecule has 0 radical (unpaired) electrons. The van der Waals surface area contributed by atoms with Crippen molar-refractivity contribution in [2.24, 2.45) is 7.05 Å². The number of anilines is 3. The largest absolute Gasteiger partial charge is 0.457 e. The summed E-state index contributed by atoms with van der Waals surface area (Å²) >= 11 is 0. The smallest absolute Gasteiger partial charge is 0.246 e. The zero-order chi connectivity index (χ0) is 28.7. The van der Waals surface area contributed by atoms with E-state index in [0.29, 0.717) is 54.4 Å². The average molecular weight is 558 g/mol. The van der Waals surface area contributed by atoms with Crippen LogP contribution in [0.5, 0.6) is 11.5 Å². The van der Waals surface area contributed by atoms with Crippen LogP contribution in [0.4, 0.5) is 26.1 Å². The van der Waals surface area contributed by atoms with Gasteiger partial charge in [0.25, 0.3) is 0 Å². The molecule has 0 atom stereocenters. The van der Waals surface area contributed by atoms with Gasteiger partial charge in [-0.15, -0.1) is 5.10 Å². The van der Waals surface area contributed by atoms with Gasteiger partial charge in [-0.05, 0) is 37.3 Å². The molecule has 2 aromatic carbocycles. The highest BCUT2D eigenvalue weighted by Crippen LogP contribution is 2.34. The van der Waals surface area contributed by atoms with Crippen molar-refractivity contribution in [3.63, 3.8) is 0 Å². The Labute approximate surface area is 233 Å². The number of benzene rings is 2. The average Bonchev–Trinajstić information content (AvgIpc) is 3.37. The second-order valence-electron chi connectivity index (χ2n) is 9.54. The zero-order valence-electron chi connectivity index (χ0n) is 22.3. The zero-order valence-corrected chi connectivity index (χ0v) is 22.3. The summed E-state index contributed by atoms with van der Waals surface area (Å²) in [6.45, 7) is 7.44. The molecule has 5 aromatic rings. The number of amides is 1. The number of carbonyl (C=O) groups is 1. The van der Waals surface area contributed by atoms with Crippen LogP contribution < -0.4 is 15.0 Å². The molecular formula is C28H25F2N9O2. The summed E-state index contributed by atoms with van der Waals surface area (Å²) in [4.78, 5) is 29.1. The molecule has 1 amide bonds. The minimum Gasteiger partial charge on any atom is -0.457 e. The van der Waals surface area contributed by atoms with E-state index in [0.717, 1.165) is 0 Å². The van der Waals surface area contributed by atoms with Crippen molar-refractivity contribution >= 4 is 45.3 Å². The van der Waals surface area contributed by atoms with Crippen molar-refractivity contribution in [3.8, 4) is 11.5 Å². The first kappa shape index (κ1) is 26.0. The van der Waals surface area contributed by atoms with Crippen molar-refractivity contribution in [2.75, 3.05) is 36.4 Å². The number of nitrogens with one attached hydrogen (secondary N) is 1. The summed E-state index contributed by atoms with van der Waals surface area (Å²) in [6.07, 6.45) is 2.70. The third kappa shape index (κ3) is 4.86. The molecule has 1 aliphatic heterocycles. The molecule has 4 heterocycles. The lowest BCUT2D eigenvalue weighted by atomic mass is 10.1. The number of aryl methyl sites for hydroxylation is 1. The molecular weight excluding hydrogens is 532 g/mol. The van der Waals surface area contributed by atoms with Gasteiger partial charge in [0.2, 0.25) is 5.91 Å². The Kier molecular flexibility index (Phi) is 6.61. The van der Waals surface area contributed by atoms with E-state index >= 15 is 4.39 Å². The molecule has 0 aliphatic carbocycles. The van der Waals surface area contributed by atoms with Gasteiger partial charge in [-0.1, -0.05) is 11.8 Å². The Morgan fingerprint density at radius 3 is 2.66 bits per heavy atom. The fourth-order valence-corrected chi connectivity index (χ4v) is 4.79. The van der Waals surface area contributed by atoms with Crippen LogP contribution >= 0.6 is 0 Å². The van der Waals surface area contributed by atoms with Crippen molar-refractivity contribution in [3.05, 3.63) is 72.6 Å². The molecule has 6 rings (SSSR count). The quantitative estimate of drug-likeness (QED) is 0.306. The lowest BCUT2D eigenvalue weighted by Gasteiger charge is -2.35. The summed E-state index contributed by atoms with van der Waals surface area (Å²) in [7, 11) is 1.59. The second-order valence-corrected chi connectivity index (χ2v) is 9.54. The van der Waals surface area contributed by atoms with Gasteiger partial charge in [0, 0.05) is 50.9 Å². The van der Waals surface area contributed by atoms with Crippen LogP contribution in [0.2, 0.25) is 0 Å². The highest BCUT2D eigenvalue weighted by atomic mass is 19.1. The Hall–Kier alpha value is -5.20. The molecule has 1 saturated heterocycles. The standard InChI is InChI=1S/C28H25F2N9O2/c1-4-24(40)39-11-9-38(10-12-39)23-8-6-20-26(34-23)28(32-15-31-20)33-19-5-7-22(16(2)25(19)30)41-17-13-18(29)27-21(14-17)35-36-37(27)3/h4-8,13-15H,1,9-12H2,2-3H3,(H,31,32,33). The Balaban J connectivity index is 1.25. The Morgan fingerprint density at radius 1 is 1.07 bits per heavy atom. The van der Waals surface area contributed by atoms with E-state index in [9.17, 15) is 9.18 Å². The lowest BCUT2D eigenvalue weighted by molar-refractivity contribution is -0.126. The van der Waals surface area contributed by atoms with Gasteiger partial charge in [-0.3, -0.25) is 4.79 Å². The maximum atomic E-state index is 15.5. The molecule has 0 unspecified atom stereocenters. The maximum absolute atomic E-state index is 15.5. The van der Waals surface area contributed by atoms with E-state index in [-0.39, 0.29) is 34.2 Å². The number of pyridine rings is 1. The van der Waals surface area contributed by atoms with Crippen LogP contribution in [0.3, 0.4) is 0 Å². The number of carbonyl (C=O) groups excluding carboxylic acids is 1. The van der Waals surface area contributed by atoms with Crippen LogP contribution in [0, 0.1) is 18.6 Å². The first-order valence-electron chi connectivity index (χ1n) is 12.8. The number of rotatable bonds is 6. The highest BCUT2D eigenvalue weighted by molar-refractivity contribution is 5.89. The molecule has 208 valence electrons. The number of nitrogens with zero attached hydrogens (tertiary/aromatic N) is 8. The van der Waals surface area contributed by atoms with Crippen molar-refractivity contribution < 1.29 is 18.3 Å². The van der Waals surface area contributed by atoms with Gasteiger partial charge in [0.1, 0.15) is 40.2 Å². The Morgan fingerprint density at radius 2 is 1.88 bits per heavy atom. The van der Waals surface area contributed by atoms with E-state index in [2.05, 4.69) is 37.1 Å². The third-order valence-corrected chi connectivity index (χ3v) is 7.00. The van der Waals surface area contributed by atoms with Gasteiger partial charge in [-0.25, -0.2) is 28.4 Å². The summed E-state index contributed by atoms with van der Waals surface area (Å²) < 4.78 is 37.2. The molecule has 13 heteroatoms. The molecule has 1 N–H and O–H groups in total. The second kappa shape index (κ2) is 10.4. The molecule has 11 nitrogen and oxygen atoms in total. The van der Waals surface area contributed by atoms with Crippen LogP contribution in [-0.2, 0) is 11.8 Å². The van der Waals surface area contributed by atoms with Gasteiger partial charge in [-0.2, -0.15) is 0 Å². The van der Waals surface area contributed by atoms with Crippen LogP contribution in [0.15, 0.2) is 55.4 Å². The third-order valence-electron chi connectivity index (χ3n) is 7.00. The first-order chi connectivity index (χ1) is 19.8. The predicted octanol–water partition coefficient (Wildman–Crippen LogP) is 4.26. The van der Waals surface area contributed by atoms with Crippen molar-refractivity contribution in [2.45, 2.75) is 6.92 Å². The van der Waals surface area contributed by atoms with Crippen LogP contribution in [0.25, 0.3) is 22.1 Å². The normalized spacial score (nSPS) is 13.6. The summed E-state index contributed by atoms with van der Waals surface area (Å²) in [5, 5.41) is 10.8. The molecule has 1 fully saturated rings. The minimum atomic E-state index is -0.561. The van der Waals surface area contributed by atoms with Crippen molar-refractivity contribution in [1.29, 1.82) is 0 Å². The summed E-state index contributed by atoms with van der Waals surface area (Å²) in [5.74, 6) is 0.229. The SMILES string of the molecule is C=CC(=O)N1CCN(c2ccc3ncnc(Nc4ccc(Oc5cc(F)c6c(c5)nnn6C)c(C)c4F)c3n2)CC1. The van der Waals surface area contributed by atoms with E-state index in [1.165, 1.54) is 29.2 Å². The molecule has 0 bridgehead atoms. The number of ether oxygens (including phenoxy) is 1. The number of fused-ring (bicyclic) bond motifs is 2. The van der Waals surface area contributed by atoms with E-state index in [1.54, 1.807) is 31.0 Å². The van der Waals surface area contributed by atoms with Crippen LogP contribution in [0.1, 0.15) is 5.56 Å². The number of piperazine rings is 1. The van der Waals surface area contributed by atoms with Gasteiger partial charge >= 0.3 is 0 Å². The topological polar surface area (TPSA) is 114 Å². The molecule has 1 aliphatic rings. The van der Waals surface area contributed by atoms with E-state index < -0.39 is 11.6 Å². The predicted molar refractivity (Wildman–Crippen MR) is 149 cm³/mol. The van der Waals surface area contributed by atoms with Gasteiger partial charge in [0.15, 0.2) is 17.5 Å². The van der Waals surface area contributed by atoms with Crippen molar-refractivity contribution in [1.82, 2.24) is 34.8 Å². The molecule has 41 heavy (non-hydrogen) atoms. The summed E-state index contributed by atoms with van der Waals surface area (Å²) in [5.41, 5.74) is 2.01. The number of halogens is 2. The fourth-order valence-electron chi connectivity index (χ4n) is 4.79. The van der Waals surface area contributed by atoms with E-state index in [1.807, 2.05) is 12.1 Å². The maximum Gasteiger partial charge on any atom is 0.246 e. The van der Waals surface area contributed by atoms with Gasteiger partial charge < -0.3 is 19.9 Å². The number of hydrogen-bond acceptors (Lipinski definition) is 9. The minimum absolute atomic E-state index is 0.0940. The Bertz CT molecular complexity index is 1820. The molecule has 3 aromatic heterocycles. The monoisotopic (exact) mass is 557 g/mol. The van der Waals surface area contributed by atoms with E-state index in [4.69, 9.17) is 9.72 Å². The summed E-state index contributed by atoms with van der Waals surface area (Å²) in [6, 6.07) is 9.55. The van der Waals surface area contributed by atoms with Crippen LogP contribution in [-0.4, -0.2) is 66.9 Å². The molecule has 0 saturated carbocycles. The fraction of sp³-hybridized carbons (Fsp3) is 0.214. The van der Waals surface area contributed by atoms with Gasteiger partial charge in [0.05, 0.1) is 11.2 Å². The lowest BCUT2D eigenvalue weighted by Crippen LogP contribution is -2.48. The highest BCUT2D eigenvalue weighted by Gasteiger charge is 2.22. The number of hydrogen-bond donors (Lipinski definition) is 1. The number of aromatic nitrogens is 6. The molecule has 0 spiro atoms. The first-order valence-corrected chi connectivity index (χ1v) is 12.8.